The predicted octanol–water partition coefficient (Wildman–Crippen LogP) is 1.58. The molecular formula is C12H14O3. The normalized spacial score (nSPS) is 23.9. The molecule has 0 aliphatic heterocycles. The maximum Gasteiger partial charge on any atom is 0.335 e. The molecule has 0 aromatic heterocycles. The van der Waals surface area contributed by atoms with E-state index in [-0.39, 0.29) is 12.0 Å². The Kier molecular flexibility index (Phi) is 2.27. The summed E-state index contributed by atoms with van der Waals surface area (Å²) in [5.74, 6) is -0.912. The maximum absolute atomic E-state index is 10.8. The Hall–Kier alpha value is -1.35. The van der Waals surface area contributed by atoms with Gasteiger partial charge in [0.05, 0.1) is 12.2 Å². The second-order valence-corrected chi connectivity index (χ2v) is 4.40. The Morgan fingerprint density at radius 2 is 2.27 bits per heavy atom. The number of aryl methyl sites for hydroxylation is 1. The fourth-order valence-corrected chi connectivity index (χ4v) is 2.20. The second kappa shape index (κ2) is 3.35. The van der Waals surface area contributed by atoms with Gasteiger partial charge < -0.3 is 10.2 Å². The van der Waals surface area contributed by atoms with E-state index < -0.39 is 5.97 Å². The van der Waals surface area contributed by atoms with Crippen molar-refractivity contribution in [1.29, 1.82) is 0 Å². The van der Waals surface area contributed by atoms with Gasteiger partial charge in [0.1, 0.15) is 0 Å². The molecule has 0 saturated carbocycles. The Bertz CT molecular complexity index is 411. The van der Waals surface area contributed by atoms with Crippen LogP contribution in [0.25, 0.3) is 0 Å². The van der Waals surface area contributed by atoms with Gasteiger partial charge in [0.2, 0.25) is 0 Å². The first-order valence-electron chi connectivity index (χ1n) is 5.04. The van der Waals surface area contributed by atoms with E-state index in [2.05, 4.69) is 0 Å². The van der Waals surface area contributed by atoms with Crippen LogP contribution in [0.15, 0.2) is 18.2 Å². The fraction of sp³-hybridized carbons (Fsp3) is 0.417. The maximum atomic E-state index is 10.8. The number of hydrogen-bond acceptors (Lipinski definition) is 2. The molecule has 3 heteroatoms. The molecule has 1 aliphatic carbocycles. The Labute approximate surface area is 88.4 Å². The van der Waals surface area contributed by atoms with E-state index in [1.54, 1.807) is 12.1 Å². The Balaban J connectivity index is 2.51. The van der Waals surface area contributed by atoms with Gasteiger partial charge in [-0.1, -0.05) is 13.0 Å². The Morgan fingerprint density at radius 3 is 2.87 bits per heavy atom. The van der Waals surface area contributed by atoms with Crippen LogP contribution < -0.4 is 0 Å². The molecule has 0 fully saturated rings. The molecule has 1 aromatic rings. The number of hydrogen-bond donors (Lipinski definition) is 2. The van der Waals surface area contributed by atoms with Crippen molar-refractivity contribution in [2.75, 3.05) is 6.61 Å². The summed E-state index contributed by atoms with van der Waals surface area (Å²) in [6, 6.07) is 5.19. The van der Waals surface area contributed by atoms with E-state index in [1.807, 2.05) is 13.0 Å². The zero-order valence-electron chi connectivity index (χ0n) is 8.66. The molecule has 2 rings (SSSR count). The van der Waals surface area contributed by atoms with Crippen LogP contribution in [0.3, 0.4) is 0 Å². The zero-order valence-corrected chi connectivity index (χ0v) is 8.66. The number of fused-ring (bicyclic) bond motifs is 1. The SMILES string of the molecule is C[C@@]1(CO)CCc2ccc(C(=O)O)cc21. The van der Waals surface area contributed by atoms with Gasteiger partial charge in [-0.05, 0) is 36.1 Å². The van der Waals surface area contributed by atoms with Crippen molar-refractivity contribution in [3.63, 3.8) is 0 Å². The standard InChI is InChI=1S/C12H14O3/c1-12(7-13)5-4-8-2-3-9(11(14)15)6-10(8)12/h2-3,6,13H,4-5,7H2,1H3,(H,14,15)/t12-/m0/s1. The average Bonchev–Trinajstić information content (AvgIpc) is 2.57. The molecule has 1 atom stereocenters. The first kappa shape index (κ1) is 10.2. The van der Waals surface area contributed by atoms with E-state index >= 15 is 0 Å². The van der Waals surface area contributed by atoms with Crippen molar-refractivity contribution in [3.05, 3.63) is 34.9 Å². The van der Waals surface area contributed by atoms with Crippen LogP contribution in [0.5, 0.6) is 0 Å². The number of carboxylic acid groups (broad SMARTS) is 1. The molecule has 3 nitrogen and oxygen atoms in total. The number of aromatic carboxylic acids is 1. The quantitative estimate of drug-likeness (QED) is 0.772. The minimum absolute atomic E-state index is 0.0725. The lowest BCUT2D eigenvalue weighted by molar-refractivity contribution is 0.0696. The van der Waals surface area contributed by atoms with Crippen molar-refractivity contribution >= 4 is 5.97 Å². The molecule has 2 N–H and O–H groups in total. The van der Waals surface area contributed by atoms with Gasteiger partial charge >= 0.3 is 5.97 Å². The van der Waals surface area contributed by atoms with E-state index in [4.69, 9.17) is 5.11 Å². The number of rotatable bonds is 2. The van der Waals surface area contributed by atoms with Gasteiger partial charge in [0, 0.05) is 5.41 Å². The van der Waals surface area contributed by atoms with Gasteiger partial charge in [-0.25, -0.2) is 4.79 Å². The summed E-state index contributed by atoms with van der Waals surface area (Å²) in [5, 5.41) is 18.3. The van der Waals surface area contributed by atoms with Crippen LogP contribution >= 0.6 is 0 Å². The van der Waals surface area contributed by atoms with Gasteiger partial charge in [0.25, 0.3) is 0 Å². The third-order valence-corrected chi connectivity index (χ3v) is 3.30. The largest absolute Gasteiger partial charge is 0.478 e. The average molecular weight is 206 g/mol. The molecule has 0 spiro atoms. The molecule has 1 aliphatic rings. The van der Waals surface area contributed by atoms with Gasteiger partial charge in [-0.15, -0.1) is 0 Å². The molecule has 0 amide bonds. The molecule has 80 valence electrons. The summed E-state index contributed by atoms with van der Waals surface area (Å²) < 4.78 is 0. The lowest BCUT2D eigenvalue weighted by atomic mass is 9.84. The van der Waals surface area contributed by atoms with Crippen molar-refractivity contribution < 1.29 is 15.0 Å². The van der Waals surface area contributed by atoms with Crippen LogP contribution in [0.2, 0.25) is 0 Å². The minimum atomic E-state index is -0.912. The van der Waals surface area contributed by atoms with Gasteiger partial charge in [0.15, 0.2) is 0 Å². The van der Waals surface area contributed by atoms with Gasteiger partial charge in [-0.3, -0.25) is 0 Å². The number of aliphatic hydroxyl groups is 1. The first-order chi connectivity index (χ1) is 7.07. The van der Waals surface area contributed by atoms with Crippen LogP contribution in [0, 0.1) is 0 Å². The highest BCUT2D eigenvalue weighted by Gasteiger charge is 2.34. The molecule has 0 unspecified atom stereocenters. The third kappa shape index (κ3) is 1.53. The molecule has 0 bridgehead atoms. The van der Waals surface area contributed by atoms with E-state index in [0.717, 1.165) is 24.0 Å². The Morgan fingerprint density at radius 1 is 1.53 bits per heavy atom. The van der Waals surface area contributed by atoms with Crippen LogP contribution in [0.1, 0.15) is 34.8 Å². The molecule has 0 saturated heterocycles. The van der Waals surface area contributed by atoms with E-state index in [1.165, 1.54) is 0 Å². The lowest BCUT2D eigenvalue weighted by Crippen LogP contribution is -2.23. The lowest BCUT2D eigenvalue weighted by Gasteiger charge is -2.22. The first-order valence-corrected chi connectivity index (χ1v) is 5.04. The summed E-state index contributed by atoms with van der Waals surface area (Å²) in [6.45, 7) is 2.05. The number of aliphatic hydroxyl groups excluding tert-OH is 1. The van der Waals surface area contributed by atoms with Crippen LogP contribution in [-0.4, -0.2) is 22.8 Å². The third-order valence-electron chi connectivity index (χ3n) is 3.30. The van der Waals surface area contributed by atoms with Crippen molar-refractivity contribution in [2.24, 2.45) is 0 Å². The minimum Gasteiger partial charge on any atom is -0.478 e. The van der Waals surface area contributed by atoms with Crippen molar-refractivity contribution in [3.8, 4) is 0 Å². The fourth-order valence-electron chi connectivity index (χ4n) is 2.20. The molecule has 15 heavy (non-hydrogen) atoms. The smallest absolute Gasteiger partial charge is 0.335 e. The highest BCUT2D eigenvalue weighted by molar-refractivity contribution is 5.88. The highest BCUT2D eigenvalue weighted by atomic mass is 16.4. The number of carboxylic acids is 1. The second-order valence-electron chi connectivity index (χ2n) is 4.40. The summed E-state index contributed by atoms with van der Waals surface area (Å²) in [6.07, 6.45) is 1.81. The predicted molar refractivity (Wildman–Crippen MR) is 56.2 cm³/mol. The van der Waals surface area contributed by atoms with Crippen LogP contribution in [0.4, 0.5) is 0 Å². The number of carbonyl (C=O) groups is 1. The molecule has 1 aromatic carbocycles. The topological polar surface area (TPSA) is 57.5 Å². The van der Waals surface area contributed by atoms with Crippen LogP contribution in [-0.2, 0) is 11.8 Å². The number of benzene rings is 1. The monoisotopic (exact) mass is 206 g/mol. The van der Waals surface area contributed by atoms with E-state index in [9.17, 15) is 9.90 Å². The van der Waals surface area contributed by atoms with Gasteiger partial charge in [-0.2, -0.15) is 0 Å². The highest BCUT2D eigenvalue weighted by Crippen LogP contribution is 2.38. The van der Waals surface area contributed by atoms with E-state index in [0.29, 0.717) is 5.56 Å². The van der Waals surface area contributed by atoms with Crippen molar-refractivity contribution in [1.82, 2.24) is 0 Å². The molecular weight excluding hydrogens is 192 g/mol. The molecule has 0 heterocycles. The molecule has 0 radical (unpaired) electrons. The summed E-state index contributed by atoms with van der Waals surface area (Å²) in [5.41, 5.74) is 2.19. The summed E-state index contributed by atoms with van der Waals surface area (Å²) in [7, 11) is 0. The summed E-state index contributed by atoms with van der Waals surface area (Å²) >= 11 is 0. The summed E-state index contributed by atoms with van der Waals surface area (Å²) in [4.78, 5) is 10.8. The van der Waals surface area contributed by atoms with Crippen molar-refractivity contribution in [2.45, 2.75) is 25.2 Å². The zero-order chi connectivity index (χ0) is 11.1.